The van der Waals surface area contributed by atoms with Crippen LogP contribution in [-0.2, 0) is 0 Å². The Morgan fingerprint density at radius 2 is 2.00 bits per heavy atom. The van der Waals surface area contributed by atoms with E-state index in [0.29, 0.717) is 5.41 Å². The molecule has 2 heteroatoms. The molecule has 0 radical (unpaired) electrons. The van der Waals surface area contributed by atoms with Gasteiger partial charge in [0.15, 0.2) is 0 Å². The van der Waals surface area contributed by atoms with Gasteiger partial charge in [-0.3, -0.25) is 0 Å². The van der Waals surface area contributed by atoms with Crippen LogP contribution in [0.25, 0.3) is 0 Å². The lowest BCUT2D eigenvalue weighted by atomic mass is 9.92. The highest BCUT2D eigenvalue weighted by molar-refractivity contribution is 7.98. The summed E-state index contributed by atoms with van der Waals surface area (Å²) in [6, 6.07) is 0. The molecule has 0 saturated carbocycles. The molecule has 10 heavy (non-hydrogen) atoms. The molecule has 1 nitrogen and oxygen atoms in total. The fourth-order valence-corrected chi connectivity index (χ4v) is 1.69. The normalized spacial score (nSPS) is 21.2. The number of hydrogen-bond acceptors (Lipinski definition) is 2. The lowest BCUT2D eigenvalue weighted by Crippen LogP contribution is -2.16. The molecule has 0 aromatic rings. The van der Waals surface area contributed by atoms with Gasteiger partial charge in [0.1, 0.15) is 0 Å². The molecular formula is C8H17NS. The molecule has 60 valence electrons. The van der Waals surface area contributed by atoms with Crippen molar-refractivity contribution in [1.82, 2.24) is 0 Å². The van der Waals surface area contributed by atoms with Crippen molar-refractivity contribution in [2.45, 2.75) is 34.1 Å². The van der Waals surface area contributed by atoms with Crippen molar-refractivity contribution in [3.63, 3.8) is 0 Å². The van der Waals surface area contributed by atoms with Crippen LogP contribution in [-0.4, -0.2) is 12.0 Å². The fourth-order valence-electron chi connectivity index (χ4n) is 0.606. The van der Waals surface area contributed by atoms with Crippen LogP contribution < -0.4 is 0 Å². The summed E-state index contributed by atoms with van der Waals surface area (Å²) >= 11 is 1.67. The van der Waals surface area contributed by atoms with E-state index in [9.17, 15) is 0 Å². The van der Waals surface area contributed by atoms with Gasteiger partial charge < -0.3 is 0 Å². The minimum absolute atomic E-state index is 0.366. The highest BCUT2D eigenvalue weighted by atomic mass is 32.2. The third-order valence-electron chi connectivity index (χ3n) is 1.31. The largest absolute Gasteiger partial charge is 0.228 e. The predicted octanol–water partition coefficient (Wildman–Crippen LogP) is 3.16. The Hall–Kier alpha value is 0.0200. The summed E-state index contributed by atoms with van der Waals surface area (Å²) in [4.78, 5) is 0. The molecule has 0 aromatic carbocycles. The molecule has 1 heterocycles. The second kappa shape index (κ2) is 4.78. The van der Waals surface area contributed by atoms with Gasteiger partial charge in [-0.05, 0) is 18.4 Å². The van der Waals surface area contributed by atoms with Crippen molar-refractivity contribution in [3.8, 4) is 0 Å². The summed E-state index contributed by atoms with van der Waals surface area (Å²) in [7, 11) is 0. The predicted molar refractivity (Wildman–Crippen MR) is 50.7 cm³/mol. The third kappa shape index (κ3) is 3.94. The van der Waals surface area contributed by atoms with Crippen LogP contribution in [0, 0.1) is 5.41 Å². The van der Waals surface area contributed by atoms with Gasteiger partial charge in [0.2, 0.25) is 0 Å². The van der Waals surface area contributed by atoms with Gasteiger partial charge in [0.05, 0.1) is 0 Å². The van der Waals surface area contributed by atoms with Crippen molar-refractivity contribution in [2.24, 2.45) is 9.81 Å². The molecule has 0 N–H and O–H groups in total. The molecule has 0 aliphatic carbocycles. The van der Waals surface area contributed by atoms with Crippen molar-refractivity contribution in [1.29, 1.82) is 0 Å². The topological polar surface area (TPSA) is 12.4 Å². The highest BCUT2D eigenvalue weighted by Crippen LogP contribution is 2.25. The highest BCUT2D eigenvalue weighted by Gasteiger charge is 2.16. The molecule has 1 rings (SSSR count). The molecule has 0 unspecified atom stereocenters. The number of hydrogen-bond donors (Lipinski definition) is 0. The van der Waals surface area contributed by atoms with Gasteiger partial charge in [-0.15, -0.1) is 0 Å². The molecule has 0 fully saturated rings. The smallest absolute Gasteiger partial charge is 0.0182 e. The van der Waals surface area contributed by atoms with Crippen molar-refractivity contribution >= 4 is 18.2 Å². The molecule has 0 saturated heterocycles. The summed E-state index contributed by atoms with van der Waals surface area (Å²) in [5, 5.41) is 0. The average molecular weight is 159 g/mol. The zero-order chi connectivity index (χ0) is 8.04. The van der Waals surface area contributed by atoms with Crippen LogP contribution in [0.1, 0.15) is 34.1 Å². The summed E-state index contributed by atoms with van der Waals surface area (Å²) in [6.45, 7) is 8.44. The first-order valence-electron chi connectivity index (χ1n) is 3.87. The van der Waals surface area contributed by atoms with Crippen molar-refractivity contribution in [3.05, 3.63) is 0 Å². The monoisotopic (exact) mass is 159 g/mol. The SMILES string of the molecule is CC.CC1(C)C=NSCC1. The third-order valence-corrected chi connectivity index (χ3v) is 1.96. The van der Waals surface area contributed by atoms with E-state index in [2.05, 4.69) is 18.2 Å². The molecular weight excluding hydrogens is 142 g/mol. The second-order valence-corrected chi connectivity index (χ2v) is 3.68. The van der Waals surface area contributed by atoms with Gasteiger partial charge in [-0.2, -0.15) is 0 Å². The van der Waals surface area contributed by atoms with Crippen LogP contribution >= 0.6 is 11.9 Å². The molecule has 0 amide bonds. The number of nitrogens with zero attached hydrogens (tertiary/aromatic N) is 1. The molecule has 1 aliphatic rings. The summed E-state index contributed by atoms with van der Waals surface area (Å²) in [5.41, 5.74) is 0.366. The van der Waals surface area contributed by atoms with Crippen molar-refractivity contribution in [2.75, 3.05) is 5.75 Å². The summed E-state index contributed by atoms with van der Waals surface area (Å²) < 4.78 is 4.12. The van der Waals surface area contributed by atoms with Crippen LogP contribution in [0.3, 0.4) is 0 Å². The Balaban J connectivity index is 0.000000371. The van der Waals surface area contributed by atoms with Gasteiger partial charge >= 0.3 is 0 Å². The first kappa shape index (κ1) is 10.0. The summed E-state index contributed by atoms with van der Waals surface area (Å²) in [6.07, 6.45) is 3.31. The maximum atomic E-state index is 4.12. The minimum atomic E-state index is 0.366. The lowest BCUT2D eigenvalue weighted by Gasteiger charge is -2.20. The first-order valence-corrected chi connectivity index (χ1v) is 4.81. The molecule has 1 aliphatic heterocycles. The molecule has 0 spiro atoms. The molecule has 0 atom stereocenters. The van der Waals surface area contributed by atoms with Crippen molar-refractivity contribution < 1.29 is 0 Å². The van der Waals surface area contributed by atoms with E-state index in [1.54, 1.807) is 11.9 Å². The van der Waals surface area contributed by atoms with Crippen LogP contribution in [0.2, 0.25) is 0 Å². The van der Waals surface area contributed by atoms with Gasteiger partial charge in [0.25, 0.3) is 0 Å². The van der Waals surface area contributed by atoms with E-state index >= 15 is 0 Å². The summed E-state index contributed by atoms with van der Waals surface area (Å²) in [5.74, 6) is 1.18. The van der Waals surface area contributed by atoms with E-state index in [-0.39, 0.29) is 0 Å². The fraction of sp³-hybridized carbons (Fsp3) is 0.875. The van der Waals surface area contributed by atoms with Crippen LogP contribution in [0.15, 0.2) is 4.40 Å². The van der Waals surface area contributed by atoms with E-state index in [4.69, 9.17) is 0 Å². The maximum absolute atomic E-state index is 4.12. The Kier molecular flexibility index (Phi) is 4.79. The molecule has 0 aromatic heterocycles. The number of rotatable bonds is 0. The lowest BCUT2D eigenvalue weighted by molar-refractivity contribution is 0.517. The Bertz CT molecular complexity index is 108. The van der Waals surface area contributed by atoms with E-state index in [1.165, 1.54) is 12.2 Å². The Morgan fingerprint density at radius 3 is 2.20 bits per heavy atom. The minimum Gasteiger partial charge on any atom is -0.228 e. The van der Waals surface area contributed by atoms with E-state index < -0.39 is 0 Å². The average Bonchev–Trinajstić information content (AvgIpc) is 1.92. The van der Waals surface area contributed by atoms with Crippen LogP contribution in [0.4, 0.5) is 0 Å². The van der Waals surface area contributed by atoms with Crippen LogP contribution in [0.5, 0.6) is 0 Å². The Morgan fingerprint density at radius 1 is 1.40 bits per heavy atom. The zero-order valence-electron chi connectivity index (χ0n) is 7.35. The van der Waals surface area contributed by atoms with E-state index in [1.807, 2.05) is 20.1 Å². The van der Waals surface area contributed by atoms with E-state index in [0.717, 1.165) is 0 Å². The second-order valence-electron chi connectivity index (χ2n) is 2.81. The zero-order valence-corrected chi connectivity index (χ0v) is 8.16. The van der Waals surface area contributed by atoms with Gasteiger partial charge in [-0.25, -0.2) is 4.40 Å². The quantitative estimate of drug-likeness (QED) is 0.494. The molecule has 0 bridgehead atoms. The first-order chi connectivity index (χ1) is 4.71. The Labute approximate surface area is 68.4 Å². The maximum Gasteiger partial charge on any atom is 0.0182 e. The standard InChI is InChI=1S/C6H11NS.C2H6/c1-6(2)3-4-8-7-5-6;1-2/h5H,3-4H2,1-2H3;1-2H3. The van der Waals surface area contributed by atoms with Gasteiger partial charge in [-0.1, -0.05) is 27.7 Å². The van der Waals surface area contributed by atoms with Gasteiger partial charge in [0, 0.05) is 17.4 Å².